The Morgan fingerprint density at radius 2 is 1.89 bits per heavy atom. The van der Waals surface area contributed by atoms with E-state index < -0.39 is 5.97 Å². The number of hydrogen-bond acceptors (Lipinski definition) is 6. The number of aryl methyl sites for hydroxylation is 1. The van der Waals surface area contributed by atoms with E-state index in [-0.39, 0.29) is 6.42 Å². The van der Waals surface area contributed by atoms with Crippen LogP contribution in [0.25, 0.3) is 10.7 Å². The number of carboxylic acid groups (broad SMARTS) is 1. The van der Waals surface area contributed by atoms with Gasteiger partial charge in [-0.1, -0.05) is 23.7 Å². The van der Waals surface area contributed by atoms with Crippen molar-refractivity contribution in [3.8, 4) is 10.7 Å². The summed E-state index contributed by atoms with van der Waals surface area (Å²) < 4.78 is 0.692. The smallest absolute Gasteiger partial charge is 0.307 e. The highest BCUT2D eigenvalue weighted by atomic mass is 35.5. The Bertz CT molecular complexity index is 986. The zero-order valence-corrected chi connectivity index (χ0v) is 17.4. The van der Waals surface area contributed by atoms with E-state index in [1.807, 2.05) is 45.3 Å². The van der Waals surface area contributed by atoms with E-state index in [0.29, 0.717) is 16.7 Å². The Hall–Kier alpha value is -2.48. The molecule has 2 heterocycles. The lowest BCUT2D eigenvalue weighted by Gasteiger charge is -2.18. The highest BCUT2D eigenvalue weighted by molar-refractivity contribution is 7.19. The molecule has 6 nitrogen and oxygen atoms in total. The summed E-state index contributed by atoms with van der Waals surface area (Å²) in [6.07, 6.45) is 0.00204. The van der Waals surface area contributed by atoms with Crippen molar-refractivity contribution in [2.75, 3.05) is 19.4 Å². The molecular formula is C20H21ClN4O2S. The predicted molar refractivity (Wildman–Crippen MR) is 114 cm³/mol. The van der Waals surface area contributed by atoms with Crippen LogP contribution in [0.5, 0.6) is 0 Å². The van der Waals surface area contributed by atoms with Gasteiger partial charge in [0.2, 0.25) is 0 Å². The quantitative estimate of drug-likeness (QED) is 0.586. The van der Waals surface area contributed by atoms with Gasteiger partial charge in [0.1, 0.15) is 5.82 Å². The minimum absolute atomic E-state index is 0.00204. The molecule has 0 spiro atoms. The molecule has 0 unspecified atom stereocenters. The molecule has 0 amide bonds. The van der Waals surface area contributed by atoms with Gasteiger partial charge in [-0.2, -0.15) is 0 Å². The van der Waals surface area contributed by atoms with Gasteiger partial charge in [0.05, 0.1) is 15.6 Å². The predicted octanol–water partition coefficient (Wildman–Crippen LogP) is 4.60. The summed E-state index contributed by atoms with van der Waals surface area (Å²) in [6.45, 7) is 2.66. The average molecular weight is 417 g/mol. The standard InChI is InChI=1S/C20H21ClN4O2S/c1-12-15(11-25(2)3)19(24-20(22-12)16-8-9-17(21)28-16)23-14-6-4-13(5-7-14)10-18(26)27/h4-9H,10-11H2,1-3H3,(H,26,27)(H,22,23,24). The van der Waals surface area contributed by atoms with Crippen molar-refractivity contribution in [3.63, 3.8) is 0 Å². The maximum atomic E-state index is 10.9. The Kier molecular flexibility index (Phi) is 6.28. The van der Waals surface area contributed by atoms with Crippen molar-refractivity contribution in [1.82, 2.24) is 14.9 Å². The second kappa shape index (κ2) is 8.68. The zero-order valence-electron chi connectivity index (χ0n) is 15.9. The van der Waals surface area contributed by atoms with Crippen LogP contribution in [0.15, 0.2) is 36.4 Å². The lowest BCUT2D eigenvalue weighted by atomic mass is 10.1. The van der Waals surface area contributed by atoms with Crippen LogP contribution < -0.4 is 5.32 Å². The molecule has 0 radical (unpaired) electrons. The fourth-order valence-corrected chi connectivity index (χ4v) is 3.74. The van der Waals surface area contributed by atoms with Crippen molar-refractivity contribution in [1.29, 1.82) is 0 Å². The number of nitrogens with zero attached hydrogens (tertiary/aromatic N) is 3. The number of rotatable bonds is 7. The third kappa shape index (κ3) is 5.07. The molecule has 0 fully saturated rings. The van der Waals surface area contributed by atoms with Crippen LogP contribution in [0.4, 0.5) is 11.5 Å². The SMILES string of the molecule is Cc1nc(-c2ccc(Cl)s2)nc(Nc2ccc(CC(=O)O)cc2)c1CN(C)C. The number of aromatic nitrogens is 2. The van der Waals surface area contributed by atoms with E-state index in [2.05, 4.69) is 15.2 Å². The van der Waals surface area contributed by atoms with Gasteiger partial charge in [-0.3, -0.25) is 4.79 Å². The number of thiophene rings is 1. The molecule has 2 N–H and O–H groups in total. The highest BCUT2D eigenvalue weighted by Crippen LogP contribution is 2.31. The van der Waals surface area contributed by atoms with Gasteiger partial charge in [-0.25, -0.2) is 9.97 Å². The number of hydrogen-bond donors (Lipinski definition) is 2. The van der Waals surface area contributed by atoms with E-state index in [1.54, 1.807) is 12.1 Å². The van der Waals surface area contributed by atoms with E-state index in [0.717, 1.165) is 33.2 Å². The summed E-state index contributed by atoms with van der Waals surface area (Å²) in [6, 6.07) is 11.1. The molecule has 0 atom stereocenters. The minimum Gasteiger partial charge on any atom is -0.481 e. The fraction of sp³-hybridized carbons (Fsp3) is 0.250. The maximum absolute atomic E-state index is 10.9. The van der Waals surface area contributed by atoms with Crippen LogP contribution in [0.1, 0.15) is 16.8 Å². The van der Waals surface area contributed by atoms with Crippen LogP contribution >= 0.6 is 22.9 Å². The van der Waals surface area contributed by atoms with Gasteiger partial charge >= 0.3 is 5.97 Å². The molecule has 0 aliphatic rings. The second-order valence-electron chi connectivity index (χ2n) is 6.69. The molecule has 0 saturated heterocycles. The van der Waals surface area contributed by atoms with Gasteiger partial charge in [-0.15, -0.1) is 11.3 Å². The van der Waals surface area contributed by atoms with Crippen molar-refractivity contribution < 1.29 is 9.90 Å². The number of anilines is 2. The maximum Gasteiger partial charge on any atom is 0.307 e. The van der Waals surface area contributed by atoms with Gasteiger partial charge in [0, 0.05) is 23.5 Å². The number of benzene rings is 1. The highest BCUT2D eigenvalue weighted by Gasteiger charge is 2.15. The molecule has 0 saturated carbocycles. The summed E-state index contributed by atoms with van der Waals surface area (Å²) in [7, 11) is 3.99. The van der Waals surface area contributed by atoms with Crippen LogP contribution in [-0.4, -0.2) is 40.0 Å². The van der Waals surface area contributed by atoms with Gasteiger partial charge in [-0.05, 0) is 50.8 Å². The molecule has 8 heteroatoms. The van der Waals surface area contributed by atoms with Crippen LogP contribution in [0.3, 0.4) is 0 Å². The summed E-state index contributed by atoms with van der Waals surface area (Å²) in [5, 5.41) is 12.3. The van der Waals surface area contributed by atoms with E-state index in [9.17, 15) is 4.79 Å². The molecule has 0 bridgehead atoms. The van der Waals surface area contributed by atoms with Crippen LogP contribution in [0, 0.1) is 6.92 Å². The Labute approximate surface area is 172 Å². The Morgan fingerprint density at radius 1 is 1.18 bits per heavy atom. The Morgan fingerprint density at radius 3 is 2.46 bits per heavy atom. The summed E-state index contributed by atoms with van der Waals surface area (Å²) in [4.78, 5) is 23.2. The lowest BCUT2D eigenvalue weighted by Crippen LogP contribution is -2.15. The molecule has 3 aromatic rings. The molecule has 28 heavy (non-hydrogen) atoms. The lowest BCUT2D eigenvalue weighted by molar-refractivity contribution is -0.136. The molecule has 1 aromatic carbocycles. The number of carbonyl (C=O) groups is 1. The Balaban J connectivity index is 1.96. The first-order valence-corrected chi connectivity index (χ1v) is 9.87. The summed E-state index contributed by atoms with van der Waals surface area (Å²) in [5.41, 5.74) is 3.49. The third-order valence-corrected chi connectivity index (χ3v) is 5.28. The molecule has 2 aromatic heterocycles. The number of aliphatic carboxylic acids is 1. The van der Waals surface area contributed by atoms with Gasteiger partial charge in [0.25, 0.3) is 0 Å². The number of nitrogens with one attached hydrogen (secondary N) is 1. The first kappa shape index (κ1) is 20.3. The normalized spacial score (nSPS) is 11.0. The van der Waals surface area contributed by atoms with E-state index in [1.165, 1.54) is 11.3 Å². The third-order valence-electron chi connectivity index (χ3n) is 4.05. The second-order valence-corrected chi connectivity index (χ2v) is 8.41. The van der Waals surface area contributed by atoms with Gasteiger partial charge < -0.3 is 15.3 Å². The molecule has 0 aliphatic carbocycles. The number of carboxylic acids is 1. The number of halogens is 1. The molecule has 3 rings (SSSR count). The van der Waals surface area contributed by atoms with Crippen LogP contribution in [0.2, 0.25) is 4.34 Å². The van der Waals surface area contributed by atoms with Gasteiger partial charge in [0.15, 0.2) is 5.82 Å². The molecule has 0 aliphatic heterocycles. The summed E-state index contributed by atoms with van der Waals surface area (Å²) in [5.74, 6) is 0.508. The first-order valence-electron chi connectivity index (χ1n) is 8.67. The average Bonchev–Trinajstić information content (AvgIpc) is 3.05. The van der Waals surface area contributed by atoms with Crippen molar-refractivity contribution in [2.45, 2.75) is 19.9 Å². The first-order chi connectivity index (χ1) is 13.3. The molecule has 146 valence electrons. The zero-order chi connectivity index (χ0) is 20.3. The van der Waals surface area contributed by atoms with Crippen molar-refractivity contribution >= 4 is 40.4 Å². The minimum atomic E-state index is -0.848. The fourth-order valence-electron chi connectivity index (χ4n) is 2.77. The van der Waals surface area contributed by atoms with E-state index in [4.69, 9.17) is 21.7 Å². The van der Waals surface area contributed by atoms with Crippen LogP contribution in [-0.2, 0) is 17.8 Å². The van der Waals surface area contributed by atoms with Crippen molar-refractivity contribution in [2.24, 2.45) is 0 Å². The topological polar surface area (TPSA) is 78.3 Å². The van der Waals surface area contributed by atoms with Crippen molar-refractivity contribution in [3.05, 3.63) is 57.6 Å². The molecular weight excluding hydrogens is 396 g/mol. The van der Waals surface area contributed by atoms with E-state index >= 15 is 0 Å². The largest absolute Gasteiger partial charge is 0.481 e. The summed E-state index contributed by atoms with van der Waals surface area (Å²) >= 11 is 7.51. The monoisotopic (exact) mass is 416 g/mol.